The van der Waals surface area contributed by atoms with Gasteiger partial charge in [-0.1, -0.05) is 53.5 Å². The van der Waals surface area contributed by atoms with E-state index in [9.17, 15) is 4.79 Å². The van der Waals surface area contributed by atoms with Gasteiger partial charge in [-0.2, -0.15) is 10.1 Å². The summed E-state index contributed by atoms with van der Waals surface area (Å²) in [5.74, 6) is 0.441. The van der Waals surface area contributed by atoms with Gasteiger partial charge in [0.2, 0.25) is 0 Å². The fourth-order valence-corrected chi connectivity index (χ4v) is 3.26. The molecule has 0 saturated heterocycles. The van der Waals surface area contributed by atoms with E-state index < -0.39 is 6.09 Å². The van der Waals surface area contributed by atoms with Gasteiger partial charge in [0.25, 0.3) is 0 Å². The van der Waals surface area contributed by atoms with Crippen LogP contribution in [-0.4, -0.2) is 16.8 Å². The Labute approximate surface area is 171 Å². The highest BCUT2D eigenvalue weighted by atomic mass is 35.5. The maximum atomic E-state index is 12.7. The molecule has 3 aromatic carbocycles. The summed E-state index contributed by atoms with van der Waals surface area (Å²) in [4.78, 5) is 12.7. The van der Waals surface area contributed by atoms with Crippen molar-refractivity contribution in [2.45, 2.75) is 6.54 Å². The molecule has 0 spiro atoms. The summed E-state index contributed by atoms with van der Waals surface area (Å²) < 4.78 is 5.43. The van der Waals surface area contributed by atoms with Crippen LogP contribution < -0.4 is 10.5 Å². The summed E-state index contributed by atoms with van der Waals surface area (Å²) in [6.07, 6.45) is -0.587. The van der Waals surface area contributed by atoms with Gasteiger partial charge in [-0.25, -0.2) is 4.79 Å². The number of rotatable bonds is 2. The Kier molecular flexibility index (Phi) is 4.94. The van der Waals surface area contributed by atoms with E-state index in [0.29, 0.717) is 27.2 Å². The van der Waals surface area contributed by atoms with Crippen molar-refractivity contribution >= 4 is 40.7 Å². The summed E-state index contributed by atoms with van der Waals surface area (Å²) in [5, 5.41) is 6.62. The lowest BCUT2D eigenvalue weighted by atomic mass is 9.96. The number of hydrazone groups is 1. The van der Waals surface area contributed by atoms with E-state index in [1.54, 1.807) is 48.5 Å². The second-order valence-corrected chi connectivity index (χ2v) is 7.05. The van der Waals surface area contributed by atoms with E-state index in [-0.39, 0.29) is 6.54 Å². The molecule has 0 saturated carbocycles. The molecular weight excluding hydrogens is 397 g/mol. The van der Waals surface area contributed by atoms with Crippen molar-refractivity contribution in [3.05, 3.63) is 93.5 Å². The molecule has 3 aromatic rings. The Bertz CT molecular complexity index is 1070. The molecule has 1 aliphatic heterocycles. The van der Waals surface area contributed by atoms with E-state index in [4.69, 9.17) is 33.7 Å². The van der Waals surface area contributed by atoms with Gasteiger partial charge in [0, 0.05) is 16.8 Å². The number of hydrogen-bond donors (Lipinski definition) is 1. The van der Waals surface area contributed by atoms with Gasteiger partial charge in [-0.15, -0.1) is 0 Å². The highest BCUT2D eigenvalue weighted by Gasteiger charge is 2.26. The second kappa shape index (κ2) is 7.54. The number of amides is 1. The quantitative estimate of drug-likeness (QED) is 0.578. The zero-order valence-electron chi connectivity index (χ0n) is 14.6. The minimum Gasteiger partial charge on any atom is -0.409 e. The zero-order chi connectivity index (χ0) is 19.7. The number of carbonyl (C=O) groups is 1. The highest BCUT2D eigenvalue weighted by Crippen LogP contribution is 2.31. The van der Waals surface area contributed by atoms with Crippen molar-refractivity contribution in [3.63, 3.8) is 0 Å². The number of nitrogens with zero attached hydrogens (tertiary/aromatic N) is 2. The van der Waals surface area contributed by atoms with Crippen LogP contribution in [0, 0.1) is 0 Å². The predicted octanol–water partition coefficient (Wildman–Crippen LogP) is 5.34. The first-order valence-electron chi connectivity index (χ1n) is 8.48. The molecule has 0 fully saturated rings. The van der Waals surface area contributed by atoms with Gasteiger partial charge >= 0.3 is 6.09 Å². The lowest BCUT2D eigenvalue weighted by Gasteiger charge is -2.26. The van der Waals surface area contributed by atoms with E-state index in [1.807, 2.05) is 18.2 Å². The van der Waals surface area contributed by atoms with Crippen LogP contribution in [0.4, 0.5) is 10.5 Å². The van der Waals surface area contributed by atoms with Crippen molar-refractivity contribution in [2.75, 3.05) is 5.73 Å². The Morgan fingerprint density at radius 2 is 1.68 bits per heavy atom. The zero-order valence-corrected chi connectivity index (χ0v) is 16.1. The molecule has 1 aliphatic rings. The molecule has 140 valence electrons. The molecule has 0 bridgehead atoms. The molecule has 0 atom stereocenters. The Hall–Kier alpha value is -3.02. The molecule has 4 rings (SSSR count). The SMILES string of the molecule is Nc1ccc(C2=NN(C(=O)Oc3ccccc3)Cc3cc(Cl)c(Cl)cc32)cc1. The third kappa shape index (κ3) is 3.67. The summed E-state index contributed by atoms with van der Waals surface area (Å²) in [7, 11) is 0. The standard InChI is InChI=1S/C21H15Cl2N3O2/c22-18-10-14-12-26(21(27)28-16-4-2-1-3-5-16)25-20(17(14)11-19(18)23)13-6-8-15(24)9-7-13/h1-11H,12,24H2. The van der Waals surface area contributed by atoms with Crippen molar-refractivity contribution in [2.24, 2.45) is 5.10 Å². The summed E-state index contributed by atoms with van der Waals surface area (Å²) in [6, 6.07) is 19.6. The molecule has 1 amide bonds. The molecule has 0 radical (unpaired) electrons. The molecule has 7 heteroatoms. The third-order valence-corrected chi connectivity index (χ3v) is 5.01. The maximum absolute atomic E-state index is 12.7. The maximum Gasteiger partial charge on any atom is 0.436 e. The second-order valence-electron chi connectivity index (χ2n) is 6.23. The van der Waals surface area contributed by atoms with Crippen LogP contribution in [0.2, 0.25) is 10.0 Å². The van der Waals surface area contributed by atoms with E-state index in [1.165, 1.54) is 5.01 Å². The number of nitrogen functional groups attached to an aromatic ring is 1. The number of carbonyl (C=O) groups excluding carboxylic acids is 1. The highest BCUT2D eigenvalue weighted by molar-refractivity contribution is 6.42. The lowest BCUT2D eigenvalue weighted by molar-refractivity contribution is 0.150. The van der Waals surface area contributed by atoms with Gasteiger partial charge in [-0.3, -0.25) is 0 Å². The van der Waals surface area contributed by atoms with Crippen molar-refractivity contribution in [1.82, 2.24) is 5.01 Å². The Balaban J connectivity index is 1.75. The molecular formula is C21H15Cl2N3O2. The minimum absolute atomic E-state index is 0.219. The van der Waals surface area contributed by atoms with Crippen LogP contribution in [-0.2, 0) is 6.54 Å². The monoisotopic (exact) mass is 411 g/mol. The molecule has 5 nitrogen and oxygen atoms in total. The summed E-state index contributed by atoms with van der Waals surface area (Å²) >= 11 is 12.4. The van der Waals surface area contributed by atoms with E-state index in [2.05, 4.69) is 5.10 Å². The number of para-hydroxylation sites is 1. The van der Waals surface area contributed by atoms with Gasteiger partial charge in [0.1, 0.15) is 5.75 Å². The van der Waals surface area contributed by atoms with Crippen LogP contribution in [0.5, 0.6) is 5.75 Å². The van der Waals surface area contributed by atoms with Gasteiger partial charge in [0.05, 0.1) is 22.3 Å². The normalized spacial score (nSPS) is 12.9. The minimum atomic E-state index is -0.587. The first-order valence-corrected chi connectivity index (χ1v) is 9.24. The Morgan fingerprint density at radius 3 is 2.39 bits per heavy atom. The average molecular weight is 412 g/mol. The fourth-order valence-electron chi connectivity index (χ4n) is 2.91. The number of nitrogens with two attached hydrogens (primary N) is 1. The van der Waals surface area contributed by atoms with Crippen molar-refractivity contribution < 1.29 is 9.53 Å². The van der Waals surface area contributed by atoms with Crippen LogP contribution in [0.3, 0.4) is 0 Å². The van der Waals surface area contributed by atoms with E-state index >= 15 is 0 Å². The molecule has 2 N–H and O–H groups in total. The summed E-state index contributed by atoms with van der Waals surface area (Å²) in [6.45, 7) is 0.219. The van der Waals surface area contributed by atoms with Crippen molar-refractivity contribution in [3.8, 4) is 5.75 Å². The predicted molar refractivity (Wildman–Crippen MR) is 111 cm³/mol. The van der Waals surface area contributed by atoms with Gasteiger partial charge in [0.15, 0.2) is 0 Å². The topological polar surface area (TPSA) is 67.9 Å². The molecule has 1 heterocycles. The average Bonchev–Trinajstić information content (AvgIpc) is 2.69. The number of ether oxygens (including phenoxy) is 1. The number of halogens is 2. The van der Waals surface area contributed by atoms with Gasteiger partial charge < -0.3 is 10.5 Å². The van der Waals surface area contributed by atoms with Gasteiger partial charge in [-0.05, 0) is 42.0 Å². The molecule has 0 unspecified atom stereocenters. The third-order valence-electron chi connectivity index (χ3n) is 4.29. The Morgan fingerprint density at radius 1 is 1.00 bits per heavy atom. The number of hydrogen-bond acceptors (Lipinski definition) is 4. The molecule has 0 aliphatic carbocycles. The van der Waals surface area contributed by atoms with Crippen LogP contribution in [0.1, 0.15) is 16.7 Å². The van der Waals surface area contributed by atoms with E-state index in [0.717, 1.165) is 16.7 Å². The largest absolute Gasteiger partial charge is 0.436 e. The van der Waals surface area contributed by atoms with Crippen molar-refractivity contribution in [1.29, 1.82) is 0 Å². The van der Waals surface area contributed by atoms with Crippen LogP contribution >= 0.6 is 23.2 Å². The molecule has 0 aromatic heterocycles. The first-order chi connectivity index (χ1) is 13.5. The fraction of sp³-hybridized carbons (Fsp3) is 0.0476. The molecule has 28 heavy (non-hydrogen) atoms. The summed E-state index contributed by atoms with van der Waals surface area (Å²) in [5.41, 5.74) is 9.44. The smallest absolute Gasteiger partial charge is 0.409 e. The first kappa shape index (κ1) is 18.3. The van der Waals surface area contributed by atoms with Crippen LogP contribution in [0.25, 0.3) is 0 Å². The number of anilines is 1. The number of fused-ring (bicyclic) bond motifs is 1. The number of benzene rings is 3. The van der Waals surface area contributed by atoms with Crippen LogP contribution in [0.15, 0.2) is 71.8 Å². The lowest BCUT2D eigenvalue weighted by Crippen LogP contribution is -2.33.